The molecule has 2 amide bonds. The minimum Gasteiger partial charge on any atom is -0.493 e. The van der Waals surface area contributed by atoms with E-state index in [-0.39, 0.29) is 10.9 Å². The number of hydrogen-bond acceptors (Lipinski definition) is 7. The summed E-state index contributed by atoms with van der Waals surface area (Å²) < 4.78 is 21.6. The number of benzene rings is 2. The smallest absolute Gasteiger partial charge is 0.262 e. The van der Waals surface area contributed by atoms with Crippen LogP contribution in [-0.2, 0) is 9.59 Å². The number of rotatable bonds is 12. The lowest BCUT2D eigenvalue weighted by Gasteiger charge is -2.22. The summed E-state index contributed by atoms with van der Waals surface area (Å²) in [6.07, 6.45) is 0.922. The Morgan fingerprint density at radius 1 is 0.944 bits per heavy atom. The van der Waals surface area contributed by atoms with E-state index >= 15 is 0 Å². The first-order chi connectivity index (χ1) is 17.1. The van der Waals surface area contributed by atoms with Crippen LogP contribution < -0.4 is 29.7 Å². The zero-order valence-electron chi connectivity index (χ0n) is 21.1. The monoisotopic (exact) mass is 539 g/mol. The van der Waals surface area contributed by atoms with E-state index in [0.29, 0.717) is 40.0 Å². The molecule has 0 aromatic heterocycles. The third-order valence-corrected chi connectivity index (χ3v) is 5.51. The average molecular weight is 540 g/mol. The molecule has 2 aromatic carbocycles. The molecule has 2 rings (SSSR count). The maximum atomic E-state index is 12.8. The molecule has 36 heavy (non-hydrogen) atoms. The highest BCUT2D eigenvalue weighted by atomic mass is 35.5. The van der Waals surface area contributed by atoms with Gasteiger partial charge in [-0.2, -0.15) is 5.10 Å². The summed E-state index contributed by atoms with van der Waals surface area (Å²) in [5, 5.41) is 7.48. The lowest BCUT2D eigenvalue weighted by Crippen LogP contribution is -2.49. The van der Waals surface area contributed by atoms with Gasteiger partial charge in [-0.3, -0.25) is 9.59 Å². The fourth-order valence-electron chi connectivity index (χ4n) is 3.23. The van der Waals surface area contributed by atoms with Gasteiger partial charge in [-0.05, 0) is 49.6 Å². The lowest BCUT2D eigenvalue weighted by atomic mass is 10.0. The molecule has 0 aliphatic rings. The van der Waals surface area contributed by atoms with Gasteiger partial charge in [0, 0.05) is 10.6 Å². The van der Waals surface area contributed by atoms with Crippen molar-refractivity contribution in [2.75, 3.05) is 21.3 Å². The molecule has 0 spiro atoms. The number of carbonyl (C=O) groups is 2. The van der Waals surface area contributed by atoms with Gasteiger partial charge in [0.1, 0.15) is 11.8 Å². The van der Waals surface area contributed by atoms with Crippen LogP contribution in [0.25, 0.3) is 0 Å². The van der Waals surface area contributed by atoms with E-state index in [4.69, 9.17) is 42.1 Å². The summed E-state index contributed by atoms with van der Waals surface area (Å²) in [6, 6.07) is 7.24. The molecule has 11 heteroatoms. The predicted molar refractivity (Wildman–Crippen MR) is 140 cm³/mol. The summed E-state index contributed by atoms with van der Waals surface area (Å²) in [5.74, 6) is 0.823. The highest BCUT2D eigenvalue weighted by molar-refractivity contribution is 6.35. The van der Waals surface area contributed by atoms with E-state index in [1.807, 2.05) is 13.8 Å². The summed E-state index contributed by atoms with van der Waals surface area (Å²) in [4.78, 5) is 25.6. The van der Waals surface area contributed by atoms with Crippen molar-refractivity contribution < 1.29 is 28.5 Å². The number of carbonyl (C=O) groups excluding carboxylic acids is 2. The number of hydrogen-bond donors (Lipinski definition) is 2. The van der Waals surface area contributed by atoms with E-state index in [9.17, 15) is 9.59 Å². The van der Waals surface area contributed by atoms with Gasteiger partial charge in [-0.15, -0.1) is 0 Å². The molecule has 0 bridgehead atoms. The Labute approximate surface area is 221 Å². The number of nitrogens with one attached hydrogen (secondary N) is 2. The molecule has 0 aliphatic carbocycles. The van der Waals surface area contributed by atoms with Gasteiger partial charge < -0.3 is 24.3 Å². The van der Waals surface area contributed by atoms with E-state index in [0.717, 1.165) is 0 Å². The Balaban J connectivity index is 2.08. The highest BCUT2D eigenvalue weighted by Crippen LogP contribution is 2.37. The molecular formula is C25H31Cl2N3O6. The normalized spacial score (nSPS) is 12.7. The van der Waals surface area contributed by atoms with Gasteiger partial charge >= 0.3 is 0 Å². The average Bonchev–Trinajstić information content (AvgIpc) is 2.84. The van der Waals surface area contributed by atoms with Crippen LogP contribution in [0.4, 0.5) is 0 Å². The minimum absolute atomic E-state index is 0.127. The van der Waals surface area contributed by atoms with E-state index < -0.39 is 24.0 Å². The molecule has 0 unspecified atom stereocenters. The third kappa shape index (κ3) is 8.20. The number of nitrogens with zero attached hydrogens (tertiary/aromatic N) is 1. The molecule has 9 nitrogen and oxygen atoms in total. The third-order valence-electron chi connectivity index (χ3n) is 4.98. The number of methoxy groups -OCH3 is 3. The Hall–Kier alpha value is -3.17. The fraction of sp³-hybridized carbons (Fsp3) is 0.400. The van der Waals surface area contributed by atoms with Crippen LogP contribution in [-0.4, -0.2) is 51.5 Å². The van der Waals surface area contributed by atoms with Gasteiger partial charge in [0.05, 0.1) is 32.6 Å². The molecule has 196 valence electrons. The second-order valence-corrected chi connectivity index (χ2v) is 9.06. The summed E-state index contributed by atoms with van der Waals surface area (Å²) in [7, 11) is 4.52. The van der Waals surface area contributed by atoms with Crippen molar-refractivity contribution in [2.45, 2.75) is 39.3 Å². The van der Waals surface area contributed by atoms with Crippen molar-refractivity contribution in [3.05, 3.63) is 45.9 Å². The van der Waals surface area contributed by atoms with Crippen LogP contribution in [0.3, 0.4) is 0 Å². The van der Waals surface area contributed by atoms with Gasteiger partial charge in [0.25, 0.3) is 11.8 Å². The van der Waals surface area contributed by atoms with Gasteiger partial charge in [-0.1, -0.05) is 37.0 Å². The van der Waals surface area contributed by atoms with Gasteiger partial charge in [0.15, 0.2) is 17.6 Å². The fourth-order valence-corrected chi connectivity index (χ4v) is 3.68. The Kier molecular flexibility index (Phi) is 11.1. The first-order valence-corrected chi connectivity index (χ1v) is 11.9. The molecular weight excluding hydrogens is 509 g/mol. The first-order valence-electron chi connectivity index (χ1n) is 11.1. The number of amides is 2. The maximum Gasteiger partial charge on any atom is 0.262 e. The number of halogens is 2. The molecule has 2 aromatic rings. The van der Waals surface area contributed by atoms with Crippen LogP contribution in [0.15, 0.2) is 35.4 Å². The minimum atomic E-state index is -0.908. The highest BCUT2D eigenvalue weighted by Gasteiger charge is 2.25. The van der Waals surface area contributed by atoms with Crippen molar-refractivity contribution in [2.24, 2.45) is 11.0 Å². The molecule has 0 radical (unpaired) electrons. The van der Waals surface area contributed by atoms with E-state index in [1.165, 1.54) is 33.6 Å². The van der Waals surface area contributed by atoms with E-state index in [1.54, 1.807) is 31.2 Å². The predicted octanol–water partition coefficient (Wildman–Crippen LogP) is 4.47. The molecule has 0 aliphatic heterocycles. The SMILES string of the molecule is COc1cc(/C=N\NC(=O)[C@H](CC(C)C)NC(=O)[C@@H](C)Oc2ccc(Cl)cc2Cl)cc(OC)c1OC. The number of hydrazone groups is 1. The molecule has 2 N–H and O–H groups in total. The Bertz CT molecular complexity index is 1070. The second kappa shape index (κ2) is 13.8. The van der Waals surface area contributed by atoms with Crippen LogP contribution in [0, 0.1) is 5.92 Å². The largest absolute Gasteiger partial charge is 0.493 e. The zero-order valence-corrected chi connectivity index (χ0v) is 22.6. The standard InChI is InChI=1S/C25H31Cl2N3O6/c1-14(2)9-19(29-24(31)15(3)36-20-8-7-17(26)12-18(20)27)25(32)30-28-13-16-10-21(33-4)23(35-6)22(11-16)34-5/h7-8,10-15,19H,9H2,1-6H3,(H,29,31)(H,30,32)/b28-13-/t15-,19+/m1/s1. The molecule has 0 saturated heterocycles. The summed E-state index contributed by atoms with van der Waals surface area (Å²) >= 11 is 12.0. The lowest BCUT2D eigenvalue weighted by molar-refractivity contribution is -0.132. The quantitative estimate of drug-likeness (QED) is 0.304. The molecule has 0 heterocycles. The first kappa shape index (κ1) is 29.1. The van der Waals surface area contributed by atoms with Crippen LogP contribution in [0.1, 0.15) is 32.8 Å². The molecule has 0 saturated carbocycles. The van der Waals surface area contributed by atoms with Crippen LogP contribution in [0.5, 0.6) is 23.0 Å². The second-order valence-electron chi connectivity index (χ2n) is 8.22. The zero-order chi connectivity index (χ0) is 26.8. The van der Waals surface area contributed by atoms with Crippen molar-refractivity contribution in [3.63, 3.8) is 0 Å². The van der Waals surface area contributed by atoms with Crippen LogP contribution >= 0.6 is 23.2 Å². The van der Waals surface area contributed by atoms with Crippen molar-refractivity contribution >= 4 is 41.2 Å². The van der Waals surface area contributed by atoms with Crippen molar-refractivity contribution in [3.8, 4) is 23.0 Å². The van der Waals surface area contributed by atoms with E-state index in [2.05, 4.69) is 15.8 Å². The molecule has 2 atom stereocenters. The van der Waals surface area contributed by atoms with Crippen molar-refractivity contribution in [1.29, 1.82) is 0 Å². The number of ether oxygens (including phenoxy) is 4. The van der Waals surface area contributed by atoms with Crippen LogP contribution in [0.2, 0.25) is 10.0 Å². The van der Waals surface area contributed by atoms with Gasteiger partial charge in [0.2, 0.25) is 5.75 Å². The molecule has 0 fully saturated rings. The topological polar surface area (TPSA) is 107 Å². The Morgan fingerprint density at radius 2 is 1.58 bits per heavy atom. The Morgan fingerprint density at radius 3 is 2.11 bits per heavy atom. The van der Waals surface area contributed by atoms with Gasteiger partial charge in [-0.25, -0.2) is 5.43 Å². The van der Waals surface area contributed by atoms with Crippen molar-refractivity contribution in [1.82, 2.24) is 10.7 Å². The maximum absolute atomic E-state index is 12.8. The summed E-state index contributed by atoms with van der Waals surface area (Å²) in [6.45, 7) is 5.45. The summed E-state index contributed by atoms with van der Waals surface area (Å²) in [5.41, 5.74) is 3.08.